The summed E-state index contributed by atoms with van der Waals surface area (Å²) in [6.07, 6.45) is 0. The fourth-order valence-electron chi connectivity index (χ4n) is 1.63. The van der Waals surface area contributed by atoms with E-state index in [-0.39, 0.29) is 0 Å². The number of ketones is 1. The van der Waals surface area contributed by atoms with Crippen LogP contribution < -0.4 is 5.32 Å². The molecule has 0 aliphatic rings. The van der Waals surface area contributed by atoms with Crippen molar-refractivity contribution < 1.29 is 9.59 Å². The van der Waals surface area contributed by atoms with E-state index in [1.807, 2.05) is 25.1 Å². The van der Waals surface area contributed by atoms with Crippen molar-refractivity contribution in [3.05, 3.63) is 65.7 Å². The predicted octanol–water partition coefficient (Wildman–Crippen LogP) is 2.82. The topological polar surface area (TPSA) is 46.2 Å². The molecule has 0 aromatic heterocycles. The van der Waals surface area contributed by atoms with Crippen molar-refractivity contribution in [2.24, 2.45) is 0 Å². The molecule has 0 unspecified atom stereocenters. The summed E-state index contributed by atoms with van der Waals surface area (Å²) in [6.45, 7) is 1.93. The minimum Gasteiger partial charge on any atom is -0.319 e. The normalized spacial score (nSPS) is 9.83. The smallest absolute Gasteiger partial charge is 0.296 e. The van der Waals surface area contributed by atoms with Crippen LogP contribution in [-0.4, -0.2) is 11.7 Å². The fraction of sp³-hybridized carbons (Fsp3) is 0.0667. The van der Waals surface area contributed by atoms with Crippen molar-refractivity contribution in [1.82, 2.24) is 0 Å². The van der Waals surface area contributed by atoms with Gasteiger partial charge in [0.1, 0.15) is 0 Å². The molecule has 90 valence electrons. The molecule has 3 nitrogen and oxygen atoms in total. The Kier molecular flexibility index (Phi) is 3.53. The van der Waals surface area contributed by atoms with Crippen molar-refractivity contribution in [1.29, 1.82) is 0 Å². The molecule has 3 heteroatoms. The molecule has 0 spiro atoms. The van der Waals surface area contributed by atoms with Gasteiger partial charge in [0, 0.05) is 11.3 Å². The molecule has 0 fully saturated rings. The van der Waals surface area contributed by atoms with Crippen molar-refractivity contribution in [2.75, 3.05) is 5.32 Å². The Hall–Kier alpha value is -2.42. The van der Waals surface area contributed by atoms with Gasteiger partial charge in [-0.05, 0) is 24.6 Å². The van der Waals surface area contributed by atoms with Crippen LogP contribution in [0.2, 0.25) is 0 Å². The van der Waals surface area contributed by atoms with Crippen LogP contribution >= 0.6 is 0 Å². The third-order valence-corrected chi connectivity index (χ3v) is 2.52. The number of amides is 1. The average molecular weight is 239 g/mol. The molecular weight excluding hydrogens is 226 g/mol. The molecule has 0 aliphatic heterocycles. The number of nitrogens with one attached hydrogen (secondary N) is 1. The maximum Gasteiger partial charge on any atom is 0.296 e. The van der Waals surface area contributed by atoms with E-state index >= 15 is 0 Å². The summed E-state index contributed by atoms with van der Waals surface area (Å²) in [4.78, 5) is 23.6. The molecule has 0 saturated heterocycles. The van der Waals surface area contributed by atoms with Crippen LogP contribution in [-0.2, 0) is 4.79 Å². The van der Waals surface area contributed by atoms with Gasteiger partial charge < -0.3 is 5.32 Å². The summed E-state index contributed by atoms with van der Waals surface area (Å²) in [5, 5.41) is 2.59. The number of aryl methyl sites for hydroxylation is 1. The van der Waals surface area contributed by atoms with Gasteiger partial charge in [0.05, 0.1) is 0 Å². The second-order valence-electron chi connectivity index (χ2n) is 4.02. The number of hydrogen-bond acceptors (Lipinski definition) is 2. The largest absolute Gasteiger partial charge is 0.319 e. The van der Waals surface area contributed by atoms with Gasteiger partial charge in [-0.15, -0.1) is 0 Å². The summed E-state index contributed by atoms with van der Waals surface area (Å²) in [6, 6.07) is 15.8. The molecule has 1 amide bonds. The van der Waals surface area contributed by atoms with E-state index in [0.29, 0.717) is 11.3 Å². The van der Waals surface area contributed by atoms with E-state index in [1.165, 1.54) is 0 Å². The quantitative estimate of drug-likeness (QED) is 0.661. The van der Waals surface area contributed by atoms with Gasteiger partial charge in [-0.1, -0.05) is 42.5 Å². The molecule has 2 aromatic rings. The number of rotatable bonds is 3. The Morgan fingerprint density at radius 2 is 1.67 bits per heavy atom. The summed E-state index contributed by atoms with van der Waals surface area (Å²) in [5.74, 6) is -1.15. The number of hydrogen-bond donors (Lipinski definition) is 1. The Balaban J connectivity index is 2.11. The zero-order valence-corrected chi connectivity index (χ0v) is 10.0. The molecule has 1 N–H and O–H groups in total. The number of carbonyl (C=O) groups is 2. The lowest BCUT2D eigenvalue weighted by molar-refractivity contribution is -0.112. The summed E-state index contributed by atoms with van der Waals surface area (Å²) in [5.41, 5.74) is 2.05. The molecule has 2 rings (SSSR count). The SMILES string of the molecule is Cc1cccc(NC(=O)C(=O)c2ccccc2)c1. The molecule has 18 heavy (non-hydrogen) atoms. The van der Waals surface area contributed by atoms with E-state index in [1.54, 1.807) is 36.4 Å². The zero-order valence-electron chi connectivity index (χ0n) is 10.0. The highest BCUT2D eigenvalue weighted by Gasteiger charge is 2.15. The van der Waals surface area contributed by atoms with Crippen LogP contribution in [0.3, 0.4) is 0 Å². The second kappa shape index (κ2) is 5.27. The summed E-state index contributed by atoms with van der Waals surface area (Å²) in [7, 11) is 0. The minimum absolute atomic E-state index is 0.391. The highest BCUT2D eigenvalue weighted by atomic mass is 16.2. The molecule has 0 saturated carbocycles. The van der Waals surface area contributed by atoms with Crippen LogP contribution in [0.25, 0.3) is 0 Å². The van der Waals surface area contributed by atoms with Crippen molar-refractivity contribution in [3.8, 4) is 0 Å². The Morgan fingerprint density at radius 3 is 2.33 bits per heavy atom. The number of anilines is 1. The first-order valence-electron chi connectivity index (χ1n) is 5.64. The van der Waals surface area contributed by atoms with Gasteiger partial charge in [-0.25, -0.2) is 0 Å². The van der Waals surface area contributed by atoms with Crippen LogP contribution in [0, 0.1) is 6.92 Å². The number of benzene rings is 2. The Morgan fingerprint density at radius 1 is 0.944 bits per heavy atom. The van der Waals surface area contributed by atoms with E-state index < -0.39 is 11.7 Å². The first-order valence-corrected chi connectivity index (χ1v) is 5.64. The molecule has 0 aliphatic carbocycles. The lowest BCUT2D eigenvalue weighted by atomic mass is 10.1. The fourth-order valence-corrected chi connectivity index (χ4v) is 1.63. The monoisotopic (exact) mass is 239 g/mol. The maximum absolute atomic E-state index is 11.8. The lowest BCUT2D eigenvalue weighted by Gasteiger charge is -2.05. The second-order valence-corrected chi connectivity index (χ2v) is 4.02. The van der Waals surface area contributed by atoms with Crippen molar-refractivity contribution >= 4 is 17.4 Å². The third kappa shape index (κ3) is 2.83. The van der Waals surface area contributed by atoms with Gasteiger partial charge >= 0.3 is 0 Å². The van der Waals surface area contributed by atoms with E-state index in [2.05, 4.69) is 5.32 Å². The summed E-state index contributed by atoms with van der Waals surface area (Å²) >= 11 is 0. The van der Waals surface area contributed by atoms with Crippen LogP contribution in [0.5, 0.6) is 0 Å². The zero-order chi connectivity index (χ0) is 13.0. The molecule has 0 atom stereocenters. The minimum atomic E-state index is -0.619. The Labute approximate surface area is 105 Å². The van der Waals surface area contributed by atoms with Crippen LogP contribution in [0.1, 0.15) is 15.9 Å². The average Bonchev–Trinajstić information content (AvgIpc) is 2.39. The summed E-state index contributed by atoms with van der Waals surface area (Å²) < 4.78 is 0. The maximum atomic E-state index is 11.8. The van der Waals surface area contributed by atoms with Crippen LogP contribution in [0.15, 0.2) is 54.6 Å². The van der Waals surface area contributed by atoms with Gasteiger partial charge in [0.15, 0.2) is 0 Å². The molecular formula is C15H13NO2. The standard InChI is InChI=1S/C15H13NO2/c1-11-6-5-9-13(10-11)16-15(18)14(17)12-7-3-2-4-8-12/h2-10H,1H3,(H,16,18). The Bertz CT molecular complexity index is 576. The number of Topliss-reactive ketones (excluding diaryl/α,β-unsaturated/α-hetero) is 1. The van der Waals surface area contributed by atoms with Gasteiger partial charge in [0.2, 0.25) is 0 Å². The molecule has 0 bridgehead atoms. The van der Waals surface area contributed by atoms with E-state index in [9.17, 15) is 9.59 Å². The predicted molar refractivity (Wildman–Crippen MR) is 70.6 cm³/mol. The lowest BCUT2D eigenvalue weighted by Crippen LogP contribution is -2.22. The highest BCUT2D eigenvalue weighted by Crippen LogP contribution is 2.10. The molecule has 0 radical (unpaired) electrons. The molecule has 0 heterocycles. The van der Waals surface area contributed by atoms with Gasteiger partial charge in [0.25, 0.3) is 11.7 Å². The highest BCUT2D eigenvalue weighted by molar-refractivity contribution is 6.46. The number of carbonyl (C=O) groups excluding carboxylic acids is 2. The van der Waals surface area contributed by atoms with Crippen molar-refractivity contribution in [2.45, 2.75) is 6.92 Å². The van der Waals surface area contributed by atoms with Crippen molar-refractivity contribution in [3.63, 3.8) is 0 Å². The third-order valence-electron chi connectivity index (χ3n) is 2.52. The van der Waals surface area contributed by atoms with Gasteiger partial charge in [-0.3, -0.25) is 9.59 Å². The first-order chi connectivity index (χ1) is 8.66. The van der Waals surface area contributed by atoms with Crippen LogP contribution in [0.4, 0.5) is 5.69 Å². The molecule has 2 aromatic carbocycles. The first kappa shape index (κ1) is 12.0. The van der Waals surface area contributed by atoms with E-state index in [4.69, 9.17) is 0 Å². The van der Waals surface area contributed by atoms with E-state index in [0.717, 1.165) is 5.56 Å². The van der Waals surface area contributed by atoms with Gasteiger partial charge in [-0.2, -0.15) is 0 Å².